The van der Waals surface area contributed by atoms with Crippen LogP contribution in [-0.4, -0.2) is 26.0 Å². The van der Waals surface area contributed by atoms with Gasteiger partial charge in [0.1, 0.15) is 11.5 Å². The van der Waals surface area contributed by atoms with Crippen molar-refractivity contribution in [3.05, 3.63) is 71.8 Å². The van der Waals surface area contributed by atoms with Gasteiger partial charge in [0, 0.05) is 17.2 Å². The van der Waals surface area contributed by atoms with Crippen LogP contribution in [0.4, 0.5) is 0 Å². The van der Waals surface area contributed by atoms with E-state index in [9.17, 15) is 9.59 Å². The lowest BCUT2D eigenvalue weighted by Gasteiger charge is -2.10. The Morgan fingerprint density at radius 3 is 1.88 bits per heavy atom. The van der Waals surface area contributed by atoms with Crippen molar-refractivity contribution in [2.75, 3.05) is 14.2 Å². The Morgan fingerprint density at radius 1 is 0.692 bits per heavy atom. The molecule has 0 aromatic heterocycles. The molecule has 132 valence electrons. The van der Waals surface area contributed by atoms with E-state index in [1.165, 1.54) is 14.2 Å². The number of methoxy groups -OCH3 is 2. The second-order valence-electron chi connectivity index (χ2n) is 5.57. The molecular formula is C20H18N2O4. The molecule has 0 saturated heterocycles. The maximum Gasteiger partial charge on any atom is 0.269 e. The topological polar surface area (TPSA) is 76.7 Å². The van der Waals surface area contributed by atoms with E-state index in [1.54, 1.807) is 30.3 Å². The van der Waals surface area contributed by atoms with Crippen molar-refractivity contribution in [3.63, 3.8) is 0 Å². The number of amides is 2. The molecule has 26 heavy (non-hydrogen) atoms. The quantitative estimate of drug-likeness (QED) is 0.710. The van der Waals surface area contributed by atoms with Crippen molar-refractivity contribution < 1.29 is 19.1 Å². The van der Waals surface area contributed by atoms with Crippen molar-refractivity contribution in [2.24, 2.45) is 0 Å². The fourth-order valence-electron chi connectivity index (χ4n) is 2.53. The second kappa shape index (κ2) is 7.57. The molecule has 0 atom stereocenters. The lowest BCUT2D eigenvalue weighted by atomic mass is 10.1. The number of hydrogen-bond donors (Lipinski definition) is 2. The average Bonchev–Trinajstić information content (AvgIpc) is 2.70. The van der Waals surface area contributed by atoms with Gasteiger partial charge in [-0.25, -0.2) is 0 Å². The second-order valence-corrected chi connectivity index (χ2v) is 5.57. The van der Waals surface area contributed by atoms with Crippen LogP contribution in [0.2, 0.25) is 0 Å². The van der Waals surface area contributed by atoms with Gasteiger partial charge in [0.2, 0.25) is 0 Å². The Bertz CT molecular complexity index is 947. The molecule has 0 fully saturated rings. The first-order chi connectivity index (χ1) is 12.6. The molecule has 0 spiro atoms. The normalized spacial score (nSPS) is 10.2. The third-order valence-corrected chi connectivity index (χ3v) is 3.91. The molecule has 0 saturated carbocycles. The van der Waals surface area contributed by atoms with Gasteiger partial charge in [-0.3, -0.25) is 20.4 Å². The van der Waals surface area contributed by atoms with Crippen LogP contribution in [0.3, 0.4) is 0 Å². The Balaban J connectivity index is 1.71. The molecule has 3 aromatic rings. The Morgan fingerprint density at radius 2 is 1.27 bits per heavy atom. The molecule has 0 unspecified atom stereocenters. The smallest absolute Gasteiger partial charge is 0.269 e. The van der Waals surface area contributed by atoms with E-state index < -0.39 is 11.8 Å². The van der Waals surface area contributed by atoms with Gasteiger partial charge in [0.05, 0.1) is 14.2 Å². The number of hydrazine groups is 1. The molecule has 0 aliphatic heterocycles. The summed E-state index contributed by atoms with van der Waals surface area (Å²) in [6.07, 6.45) is 0. The monoisotopic (exact) mass is 350 g/mol. The van der Waals surface area contributed by atoms with Crippen LogP contribution in [-0.2, 0) is 0 Å². The van der Waals surface area contributed by atoms with Gasteiger partial charge in [-0.15, -0.1) is 0 Å². The van der Waals surface area contributed by atoms with Gasteiger partial charge in [0.25, 0.3) is 11.8 Å². The van der Waals surface area contributed by atoms with Crippen LogP contribution >= 0.6 is 0 Å². The Hall–Kier alpha value is -3.54. The molecular weight excluding hydrogens is 332 g/mol. The highest BCUT2D eigenvalue weighted by molar-refractivity contribution is 6.01. The van der Waals surface area contributed by atoms with Crippen molar-refractivity contribution in [1.82, 2.24) is 10.9 Å². The molecule has 3 aromatic carbocycles. The third-order valence-electron chi connectivity index (χ3n) is 3.91. The fraction of sp³-hybridized carbons (Fsp3) is 0.100. The zero-order chi connectivity index (χ0) is 18.5. The van der Waals surface area contributed by atoms with Crippen LogP contribution in [0.5, 0.6) is 11.5 Å². The van der Waals surface area contributed by atoms with Crippen molar-refractivity contribution in [1.29, 1.82) is 0 Å². The van der Waals surface area contributed by atoms with Gasteiger partial charge in [-0.1, -0.05) is 30.3 Å². The van der Waals surface area contributed by atoms with E-state index in [1.807, 2.05) is 30.3 Å². The number of carbonyl (C=O) groups is 2. The largest absolute Gasteiger partial charge is 0.497 e. The SMILES string of the molecule is COc1cc(OC)cc(C(=O)NNC(=O)c2ccc3ccccc3c2)c1. The third kappa shape index (κ3) is 3.75. The summed E-state index contributed by atoms with van der Waals surface area (Å²) in [5.41, 5.74) is 5.57. The molecule has 6 heteroatoms. The number of fused-ring (bicyclic) bond motifs is 1. The molecule has 0 aliphatic rings. The number of hydrogen-bond acceptors (Lipinski definition) is 4. The summed E-state index contributed by atoms with van der Waals surface area (Å²) < 4.78 is 10.3. The summed E-state index contributed by atoms with van der Waals surface area (Å²) in [6, 6.07) is 17.8. The van der Waals surface area contributed by atoms with E-state index in [2.05, 4.69) is 10.9 Å². The number of carbonyl (C=O) groups excluding carboxylic acids is 2. The fourth-order valence-corrected chi connectivity index (χ4v) is 2.53. The molecule has 0 aliphatic carbocycles. The Kier molecular flexibility index (Phi) is 5.03. The van der Waals surface area contributed by atoms with E-state index >= 15 is 0 Å². The van der Waals surface area contributed by atoms with Gasteiger partial charge < -0.3 is 9.47 Å². The number of rotatable bonds is 4. The van der Waals surface area contributed by atoms with Crippen molar-refractivity contribution in [2.45, 2.75) is 0 Å². The summed E-state index contributed by atoms with van der Waals surface area (Å²) in [5, 5.41) is 1.99. The summed E-state index contributed by atoms with van der Waals surface area (Å²) in [7, 11) is 3.00. The highest BCUT2D eigenvalue weighted by atomic mass is 16.5. The molecule has 2 N–H and O–H groups in total. The zero-order valence-electron chi connectivity index (χ0n) is 14.4. The van der Waals surface area contributed by atoms with Crippen LogP contribution in [0.15, 0.2) is 60.7 Å². The number of ether oxygens (including phenoxy) is 2. The first kappa shape index (κ1) is 17.3. The van der Waals surface area contributed by atoms with Gasteiger partial charge in [-0.2, -0.15) is 0 Å². The van der Waals surface area contributed by atoms with E-state index in [4.69, 9.17) is 9.47 Å². The average molecular weight is 350 g/mol. The van der Waals surface area contributed by atoms with Crippen molar-refractivity contribution in [3.8, 4) is 11.5 Å². The molecule has 0 radical (unpaired) electrons. The lowest BCUT2D eigenvalue weighted by Crippen LogP contribution is -2.41. The minimum Gasteiger partial charge on any atom is -0.497 e. The van der Waals surface area contributed by atoms with Gasteiger partial charge in [0.15, 0.2) is 0 Å². The number of benzene rings is 3. The lowest BCUT2D eigenvalue weighted by molar-refractivity contribution is 0.0846. The molecule has 0 bridgehead atoms. The molecule has 3 rings (SSSR count). The molecule has 0 heterocycles. The van der Waals surface area contributed by atoms with Crippen LogP contribution in [0.25, 0.3) is 10.8 Å². The molecule has 6 nitrogen and oxygen atoms in total. The first-order valence-electron chi connectivity index (χ1n) is 7.93. The minimum atomic E-state index is -0.476. The van der Waals surface area contributed by atoms with Crippen LogP contribution in [0, 0.1) is 0 Å². The minimum absolute atomic E-state index is 0.306. The highest BCUT2D eigenvalue weighted by Crippen LogP contribution is 2.22. The highest BCUT2D eigenvalue weighted by Gasteiger charge is 2.12. The Labute approximate surface area is 150 Å². The standard InChI is InChI=1S/C20H18N2O4/c1-25-17-10-16(11-18(12-17)26-2)20(24)22-21-19(23)15-8-7-13-5-3-4-6-14(13)9-15/h3-12H,1-2H3,(H,21,23)(H,22,24). The summed E-state index contributed by atoms with van der Waals surface area (Å²) in [5.74, 6) is 0.0843. The molecule has 2 amide bonds. The summed E-state index contributed by atoms with van der Waals surface area (Å²) in [4.78, 5) is 24.6. The number of nitrogens with one attached hydrogen (secondary N) is 2. The predicted octanol–water partition coefficient (Wildman–Crippen LogP) is 2.93. The zero-order valence-corrected chi connectivity index (χ0v) is 14.4. The first-order valence-corrected chi connectivity index (χ1v) is 7.93. The van der Waals surface area contributed by atoms with Crippen LogP contribution < -0.4 is 20.3 Å². The summed E-state index contributed by atoms with van der Waals surface area (Å²) >= 11 is 0. The summed E-state index contributed by atoms with van der Waals surface area (Å²) in [6.45, 7) is 0. The maximum atomic E-state index is 12.3. The van der Waals surface area contributed by atoms with E-state index in [0.717, 1.165) is 10.8 Å². The van der Waals surface area contributed by atoms with Gasteiger partial charge in [-0.05, 0) is 35.0 Å². The van der Waals surface area contributed by atoms with Gasteiger partial charge >= 0.3 is 0 Å². The maximum absolute atomic E-state index is 12.3. The van der Waals surface area contributed by atoms with Crippen LogP contribution in [0.1, 0.15) is 20.7 Å². The predicted molar refractivity (Wildman–Crippen MR) is 98.4 cm³/mol. The van der Waals surface area contributed by atoms with Crippen molar-refractivity contribution >= 4 is 22.6 Å². The van der Waals surface area contributed by atoms with E-state index in [-0.39, 0.29) is 0 Å². The van der Waals surface area contributed by atoms with E-state index in [0.29, 0.717) is 22.6 Å².